The second-order valence-corrected chi connectivity index (χ2v) is 3.20. The molecule has 2 N–H and O–H groups in total. The van der Waals surface area contributed by atoms with Crippen LogP contribution in [0.4, 0.5) is 5.82 Å². The summed E-state index contributed by atoms with van der Waals surface area (Å²) in [5.74, 6) is 1.57. The molecule has 2 aromatic rings. The Morgan fingerprint density at radius 2 is 1.94 bits per heavy atom. The molecular weight excluding hydrogens is 214 g/mol. The van der Waals surface area contributed by atoms with Gasteiger partial charge in [0.1, 0.15) is 11.6 Å². The molecule has 0 fully saturated rings. The van der Waals surface area contributed by atoms with Gasteiger partial charge in [0.25, 0.3) is 0 Å². The smallest absolute Gasteiger partial charge is 0.221 e. The lowest BCUT2D eigenvalue weighted by Gasteiger charge is -2.04. The van der Waals surface area contributed by atoms with Crippen molar-refractivity contribution in [3.05, 3.63) is 42.2 Å². The van der Waals surface area contributed by atoms with Gasteiger partial charge in [-0.3, -0.25) is 4.98 Å². The largest absolute Gasteiger partial charge is 0.437 e. The van der Waals surface area contributed by atoms with E-state index < -0.39 is 0 Å². The van der Waals surface area contributed by atoms with Gasteiger partial charge in [-0.05, 0) is 24.6 Å². The fourth-order valence-electron chi connectivity index (χ4n) is 1.19. The summed E-state index contributed by atoms with van der Waals surface area (Å²) in [7, 11) is 0. The molecule has 2 heterocycles. The third kappa shape index (κ3) is 4.10. The monoisotopic (exact) mass is 231 g/mol. The normalized spacial score (nSPS) is 9.12. The van der Waals surface area contributed by atoms with Crippen LogP contribution in [0, 0.1) is 6.92 Å². The number of aromatic nitrogens is 2. The predicted octanol–water partition coefficient (Wildman–Crippen LogP) is 3.19. The molecule has 2 aromatic heterocycles. The highest BCUT2D eigenvalue weighted by molar-refractivity contribution is 5.34. The molecule has 0 saturated heterocycles. The van der Waals surface area contributed by atoms with Crippen molar-refractivity contribution in [3.8, 4) is 11.6 Å². The van der Waals surface area contributed by atoms with Crippen LogP contribution in [0.5, 0.6) is 11.6 Å². The Bertz CT molecular complexity index is 428. The maximum Gasteiger partial charge on any atom is 0.221 e. The van der Waals surface area contributed by atoms with E-state index in [-0.39, 0.29) is 0 Å². The summed E-state index contributed by atoms with van der Waals surface area (Å²) in [5.41, 5.74) is 6.57. The van der Waals surface area contributed by atoms with Crippen LogP contribution in [0.15, 0.2) is 36.7 Å². The minimum absolute atomic E-state index is 0.438. The quantitative estimate of drug-likeness (QED) is 0.862. The third-order valence-corrected chi connectivity index (χ3v) is 1.82. The summed E-state index contributed by atoms with van der Waals surface area (Å²) < 4.78 is 5.49. The Balaban J connectivity index is 0.000000686. The first-order valence-corrected chi connectivity index (χ1v) is 5.56. The second kappa shape index (κ2) is 6.48. The number of rotatable bonds is 2. The molecule has 0 saturated carbocycles. The van der Waals surface area contributed by atoms with Gasteiger partial charge < -0.3 is 10.5 Å². The standard InChI is InChI=1S/C11H11N3O.C2H6/c1-8-5-9(7-13-6-8)15-11-4-2-3-10(12)14-11;1-2/h2-7H,1H3,(H2,12,14);1-2H3. The Morgan fingerprint density at radius 1 is 1.18 bits per heavy atom. The van der Waals surface area contributed by atoms with Crippen molar-refractivity contribution < 1.29 is 4.74 Å². The number of nitrogens with two attached hydrogens (primary N) is 1. The van der Waals surface area contributed by atoms with E-state index in [4.69, 9.17) is 10.5 Å². The number of nitrogens with zero attached hydrogens (tertiary/aromatic N) is 2. The number of hydrogen-bond donors (Lipinski definition) is 1. The lowest BCUT2D eigenvalue weighted by Crippen LogP contribution is -1.93. The Kier molecular flexibility index (Phi) is 4.94. The molecule has 0 amide bonds. The number of nitrogen functional groups attached to an aromatic ring is 1. The van der Waals surface area contributed by atoms with Crippen molar-refractivity contribution in [2.24, 2.45) is 0 Å². The van der Waals surface area contributed by atoms with Crippen molar-refractivity contribution in [1.29, 1.82) is 0 Å². The Morgan fingerprint density at radius 3 is 2.59 bits per heavy atom. The first kappa shape index (κ1) is 13.0. The molecule has 2 rings (SSSR count). The maximum atomic E-state index is 5.54. The minimum Gasteiger partial charge on any atom is -0.437 e. The average molecular weight is 231 g/mol. The van der Waals surface area contributed by atoms with Gasteiger partial charge in [0.05, 0.1) is 6.20 Å². The topological polar surface area (TPSA) is 61.0 Å². The number of hydrogen-bond acceptors (Lipinski definition) is 4. The number of anilines is 1. The van der Waals surface area contributed by atoms with Crippen molar-refractivity contribution in [1.82, 2.24) is 9.97 Å². The van der Waals surface area contributed by atoms with E-state index in [0.29, 0.717) is 17.4 Å². The van der Waals surface area contributed by atoms with Crippen LogP contribution in [0.25, 0.3) is 0 Å². The van der Waals surface area contributed by atoms with Crippen LogP contribution in [0.3, 0.4) is 0 Å². The van der Waals surface area contributed by atoms with Crippen molar-refractivity contribution >= 4 is 5.82 Å². The predicted molar refractivity (Wildman–Crippen MR) is 69.0 cm³/mol. The molecular formula is C13H17N3O. The number of pyridine rings is 2. The van der Waals surface area contributed by atoms with Gasteiger partial charge in [-0.15, -0.1) is 0 Å². The van der Waals surface area contributed by atoms with Crippen molar-refractivity contribution in [2.75, 3.05) is 5.73 Å². The molecule has 4 nitrogen and oxygen atoms in total. The number of aryl methyl sites for hydroxylation is 1. The van der Waals surface area contributed by atoms with Gasteiger partial charge in [-0.2, -0.15) is 4.98 Å². The zero-order valence-corrected chi connectivity index (χ0v) is 10.3. The molecule has 90 valence electrons. The maximum absolute atomic E-state index is 5.54. The molecule has 0 bridgehead atoms. The highest BCUT2D eigenvalue weighted by Crippen LogP contribution is 2.19. The molecule has 4 heteroatoms. The van der Waals surface area contributed by atoms with Crippen molar-refractivity contribution in [3.63, 3.8) is 0 Å². The van der Waals surface area contributed by atoms with E-state index in [1.54, 1.807) is 30.6 Å². The fraction of sp³-hybridized carbons (Fsp3) is 0.231. The zero-order valence-electron chi connectivity index (χ0n) is 10.3. The second-order valence-electron chi connectivity index (χ2n) is 3.20. The van der Waals surface area contributed by atoms with E-state index in [0.717, 1.165) is 5.56 Å². The van der Waals surface area contributed by atoms with E-state index in [1.807, 2.05) is 26.8 Å². The van der Waals surface area contributed by atoms with Gasteiger partial charge in [0, 0.05) is 12.3 Å². The highest BCUT2D eigenvalue weighted by atomic mass is 16.5. The molecule has 0 aliphatic rings. The summed E-state index contributed by atoms with van der Waals surface area (Å²) in [6.45, 7) is 5.95. The first-order chi connectivity index (χ1) is 8.24. The zero-order chi connectivity index (χ0) is 12.7. The van der Waals surface area contributed by atoms with Crippen LogP contribution in [-0.2, 0) is 0 Å². The van der Waals surface area contributed by atoms with Crippen LogP contribution in [0.2, 0.25) is 0 Å². The van der Waals surface area contributed by atoms with Crippen LogP contribution in [0.1, 0.15) is 19.4 Å². The van der Waals surface area contributed by atoms with Gasteiger partial charge in [0.15, 0.2) is 0 Å². The first-order valence-electron chi connectivity index (χ1n) is 5.56. The molecule has 0 radical (unpaired) electrons. The van der Waals surface area contributed by atoms with Crippen LogP contribution >= 0.6 is 0 Å². The Labute approximate surface area is 101 Å². The molecule has 0 unspecified atom stereocenters. The van der Waals surface area contributed by atoms with Crippen LogP contribution in [-0.4, -0.2) is 9.97 Å². The third-order valence-electron chi connectivity index (χ3n) is 1.82. The SMILES string of the molecule is CC.Cc1cncc(Oc2cccc(N)n2)c1. The molecule has 0 atom stereocenters. The van der Waals surface area contributed by atoms with E-state index >= 15 is 0 Å². The Hall–Kier alpha value is -2.10. The fourth-order valence-corrected chi connectivity index (χ4v) is 1.19. The van der Waals surface area contributed by atoms with Crippen LogP contribution < -0.4 is 10.5 Å². The summed E-state index contributed by atoms with van der Waals surface area (Å²) >= 11 is 0. The minimum atomic E-state index is 0.438. The van der Waals surface area contributed by atoms with E-state index in [2.05, 4.69) is 9.97 Å². The number of ether oxygens (including phenoxy) is 1. The molecule has 0 aliphatic carbocycles. The summed E-state index contributed by atoms with van der Waals surface area (Å²) in [6, 6.07) is 7.14. The van der Waals surface area contributed by atoms with E-state index in [9.17, 15) is 0 Å². The van der Waals surface area contributed by atoms with Gasteiger partial charge in [0.2, 0.25) is 5.88 Å². The summed E-state index contributed by atoms with van der Waals surface area (Å²) in [6.07, 6.45) is 3.40. The molecule has 17 heavy (non-hydrogen) atoms. The highest BCUT2D eigenvalue weighted by Gasteiger charge is 1.99. The van der Waals surface area contributed by atoms with Crippen molar-refractivity contribution in [2.45, 2.75) is 20.8 Å². The summed E-state index contributed by atoms with van der Waals surface area (Å²) in [5, 5.41) is 0. The molecule has 0 aliphatic heterocycles. The summed E-state index contributed by atoms with van der Waals surface area (Å²) in [4.78, 5) is 8.04. The van der Waals surface area contributed by atoms with Gasteiger partial charge in [-0.1, -0.05) is 19.9 Å². The molecule has 0 spiro atoms. The van der Waals surface area contributed by atoms with Gasteiger partial charge in [-0.25, -0.2) is 0 Å². The van der Waals surface area contributed by atoms with E-state index in [1.165, 1.54) is 0 Å². The van der Waals surface area contributed by atoms with Gasteiger partial charge >= 0.3 is 0 Å². The molecule has 0 aromatic carbocycles. The average Bonchev–Trinajstić information content (AvgIpc) is 2.31. The lowest BCUT2D eigenvalue weighted by atomic mass is 10.3. The lowest BCUT2D eigenvalue weighted by molar-refractivity contribution is 0.461.